The maximum Gasteiger partial charge on any atom is 0.310 e. The summed E-state index contributed by atoms with van der Waals surface area (Å²) in [6.07, 6.45) is 3.51. The van der Waals surface area contributed by atoms with Crippen LogP contribution in [0.4, 0.5) is 0 Å². The second kappa shape index (κ2) is 5.32. The Balaban J connectivity index is 2.13. The second-order valence-corrected chi connectivity index (χ2v) is 4.98. The van der Waals surface area contributed by atoms with Gasteiger partial charge in [-0.2, -0.15) is 0 Å². The van der Waals surface area contributed by atoms with Crippen LogP contribution in [0.3, 0.4) is 0 Å². The molecule has 0 fully saturated rings. The van der Waals surface area contributed by atoms with E-state index in [9.17, 15) is 14.4 Å². The van der Waals surface area contributed by atoms with Gasteiger partial charge in [0.1, 0.15) is 5.56 Å². The third kappa shape index (κ3) is 2.79. The molecule has 2 atom stereocenters. The Hall–Kier alpha value is -2.37. The van der Waals surface area contributed by atoms with Crippen LogP contribution in [0.25, 0.3) is 0 Å². The lowest BCUT2D eigenvalue weighted by Gasteiger charge is -2.13. The fourth-order valence-electron chi connectivity index (χ4n) is 2.37. The van der Waals surface area contributed by atoms with Crippen LogP contribution in [0, 0.1) is 19.8 Å². The third-order valence-electron chi connectivity index (χ3n) is 3.31. The molecule has 0 saturated carbocycles. The molecule has 0 spiro atoms. The van der Waals surface area contributed by atoms with Crippen molar-refractivity contribution in [1.82, 2.24) is 10.3 Å². The summed E-state index contributed by atoms with van der Waals surface area (Å²) in [6, 6.07) is 1.37. The van der Waals surface area contributed by atoms with Gasteiger partial charge in [0, 0.05) is 11.7 Å². The van der Waals surface area contributed by atoms with E-state index in [0.717, 1.165) is 0 Å². The average molecular weight is 276 g/mol. The molecule has 2 unspecified atom stereocenters. The van der Waals surface area contributed by atoms with Crippen molar-refractivity contribution in [2.24, 2.45) is 5.92 Å². The molecule has 1 aromatic heterocycles. The van der Waals surface area contributed by atoms with Gasteiger partial charge in [-0.1, -0.05) is 12.2 Å². The molecule has 20 heavy (non-hydrogen) atoms. The first-order valence-corrected chi connectivity index (χ1v) is 6.31. The van der Waals surface area contributed by atoms with Gasteiger partial charge in [-0.15, -0.1) is 0 Å². The molecule has 0 saturated heterocycles. The molecule has 6 nitrogen and oxygen atoms in total. The molecule has 0 aromatic carbocycles. The summed E-state index contributed by atoms with van der Waals surface area (Å²) in [6.45, 7) is 3.44. The highest BCUT2D eigenvalue weighted by atomic mass is 16.4. The summed E-state index contributed by atoms with van der Waals surface area (Å²) >= 11 is 0. The summed E-state index contributed by atoms with van der Waals surface area (Å²) in [4.78, 5) is 37.4. The third-order valence-corrected chi connectivity index (χ3v) is 3.31. The molecule has 3 N–H and O–H groups in total. The zero-order valence-electron chi connectivity index (χ0n) is 11.3. The number of hydrogen-bond donors (Lipinski definition) is 3. The number of rotatable bonds is 3. The molecular formula is C14H16N2O4. The standard InChI is InChI=1S/C14H16N2O4/c1-7-5-8(2)15-12(17)11(7)13(18)16-10-4-3-9(6-10)14(19)20/h3-5,9-10H,6H2,1-2H3,(H,15,17)(H,16,18)(H,19,20). The number of carbonyl (C=O) groups excluding carboxylic acids is 1. The lowest BCUT2D eigenvalue weighted by atomic mass is 10.1. The van der Waals surface area contributed by atoms with Gasteiger partial charge in [0.05, 0.1) is 5.92 Å². The number of aromatic amines is 1. The molecule has 1 aliphatic rings. The number of carbonyl (C=O) groups is 2. The Kier molecular flexibility index (Phi) is 3.74. The maximum atomic E-state index is 12.1. The quantitative estimate of drug-likeness (QED) is 0.709. The van der Waals surface area contributed by atoms with Gasteiger partial charge in [0.2, 0.25) is 0 Å². The van der Waals surface area contributed by atoms with E-state index in [-0.39, 0.29) is 11.6 Å². The fourth-order valence-corrected chi connectivity index (χ4v) is 2.37. The van der Waals surface area contributed by atoms with Crippen LogP contribution < -0.4 is 10.9 Å². The fraction of sp³-hybridized carbons (Fsp3) is 0.357. The highest BCUT2D eigenvalue weighted by molar-refractivity contribution is 5.95. The van der Waals surface area contributed by atoms with Crippen LogP contribution in [0.1, 0.15) is 28.0 Å². The maximum absolute atomic E-state index is 12.1. The number of nitrogens with one attached hydrogen (secondary N) is 2. The minimum Gasteiger partial charge on any atom is -0.481 e. The average Bonchev–Trinajstić information content (AvgIpc) is 2.75. The number of H-pyrrole nitrogens is 1. The van der Waals surface area contributed by atoms with Crippen molar-refractivity contribution in [3.05, 3.63) is 45.4 Å². The van der Waals surface area contributed by atoms with Crippen LogP contribution in [-0.2, 0) is 4.79 Å². The molecule has 0 bridgehead atoms. The van der Waals surface area contributed by atoms with Gasteiger partial charge < -0.3 is 15.4 Å². The Morgan fingerprint density at radius 2 is 2.05 bits per heavy atom. The van der Waals surface area contributed by atoms with Crippen LogP contribution in [0.15, 0.2) is 23.0 Å². The molecule has 2 rings (SSSR count). The van der Waals surface area contributed by atoms with Gasteiger partial charge in [-0.3, -0.25) is 14.4 Å². The summed E-state index contributed by atoms with van der Waals surface area (Å²) in [5, 5.41) is 11.6. The Bertz CT molecular complexity index is 645. The van der Waals surface area contributed by atoms with E-state index in [2.05, 4.69) is 10.3 Å². The number of aromatic nitrogens is 1. The normalized spacial score (nSPS) is 20.9. The Labute approximate surface area is 115 Å². The molecule has 0 radical (unpaired) electrons. The number of amides is 1. The molecule has 106 valence electrons. The smallest absolute Gasteiger partial charge is 0.310 e. The highest BCUT2D eigenvalue weighted by Gasteiger charge is 2.26. The second-order valence-electron chi connectivity index (χ2n) is 4.98. The molecule has 1 heterocycles. The Morgan fingerprint density at radius 3 is 2.60 bits per heavy atom. The largest absolute Gasteiger partial charge is 0.481 e. The van der Waals surface area contributed by atoms with Crippen molar-refractivity contribution in [1.29, 1.82) is 0 Å². The van der Waals surface area contributed by atoms with Crippen molar-refractivity contribution < 1.29 is 14.7 Å². The predicted molar refractivity (Wildman–Crippen MR) is 72.7 cm³/mol. The van der Waals surface area contributed by atoms with Crippen molar-refractivity contribution in [3.8, 4) is 0 Å². The lowest BCUT2D eigenvalue weighted by Crippen LogP contribution is -2.37. The molecule has 1 amide bonds. The Morgan fingerprint density at radius 1 is 1.35 bits per heavy atom. The predicted octanol–water partition coefficient (Wildman–Crippen LogP) is 0.751. The minimum absolute atomic E-state index is 0.0720. The van der Waals surface area contributed by atoms with Crippen LogP contribution >= 0.6 is 0 Å². The van der Waals surface area contributed by atoms with Crippen molar-refractivity contribution in [2.75, 3.05) is 0 Å². The van der Waals surface area contributed by atoms with Crippen LogP contribution in [0.5, 0.6) is 0 Å². The van der Waals surface area contributed by atoms with Gasteiger partial charge in [-0.25, -0.2) is 0 Å². The van der Waals surface area contributed by atoms with Crippen LogP contribution in [-0.4, -0.2) is 28.0 Å². The molecular weight excluding hydrogens is 260 g/mol. The summed E-state index contributed by atoms with van der Waals surface area (Å²) in [5.41, 5.74) is 0.927. The van der Waals surface area contributed by atoms with E-state index in [0.29, 0.717) is 17.7 Å². The zero-order chi connectivity index (χ0) is 14.9. The number of aliphatic carboxylic acids is 1. The summed E-state index contributed by atoms with van der Waals surface area (Å²) in [7, 11) is 0. The topological polar surface area (TPSA) is 99.3 Å². The first-order chi connectivity index (χ1) is 9.38. The molecule has 1 aliphatic carbocycles. The van der Waals surface area contributed by atoms with Gasteiger partial charge in [0.25, 0.3) is 11.5 Å². The van der Waals surface area contributed by atoms with Gasteiger partial charge >= 0.3 is 5.97 Å². The van der Waals surface area contributed by atoms with Gasteiger partial charge in [0.15, 0.2) is 0 Å². The van der Waals surface area contributed by atoms with E-state index in [1.54, 1.807) is 32.1 Å². The van der Waals surface area contributed by atoms with Crippen molar-refractivity contribution >= 4 is 11.9 Å². The van der Waals surface area contributed by atoms with E-state index < -0.39 is 23.4 Å². The van der Waals surface area contributed by atoms with Crippen molar-refractivity contribution in [2.45, 2.75) is 26.3 Å². The van der Waals surface area contributed by atoms with E-state index in [1.807, 2.05) is 0 Å². The lowest BCUT2D eigenvalue weighted by molar-refractivity contribution is -0.140. The number of carboxylic acid groups (broad SMARTS) is 1. The van der Waals surface area contributed by atoms with Crippen LogP contribution in [0.2, 0.25) is 0 Å². The summed E-state index contributed by atoms with van der Waals surface area (Å²) < 4.78 is 0. The highest BCUT2D eigenvalue weighted by Crippen LogP contribution is 2.18. The number of aryl methyl sites for hydroxylation is 2. The van der Waals surface area contributed by atoms with E-state index >= 15 is 0 Å². The SMILES string of the molecule is Cc1cc(C)c(C(=O)NC2C=CC(C(=O)O)C2)c(=O)[nH]1. The zero-order valence-corrected chi connectivity index (χ0v) is 11.3. The number of carboxylic acids is 1. The van der Waals surface area contributed by atoms with E-state index in [1.165, 1.54) is 0 Å². The molecule has 1 aromatic rings. The van der Waals surface area contributed by atoms with E-state index in [4.69, 9.17) is 5.11 Å². The first kappa shape index (κ1) is 14.0. The monoisotopic (exact) mass is 276 g/mol. The first-order valence-electron chi connectivity index (χ1n) is 6.31. The van der Waals surface area contributed by atoms with Crippen molar-refractivity contribution in [3.63, 3.8) is 0 Å². The minimum atomic E-state index is -0.914. The number of pyridine rings is 1. The molecule has 6 heteroatoms. The summed E-state index contributed by atoms with van der Waals surface area (Å²) in [5.74, 6) is -1.98. The molecule has 0 aliphatic heterocycles. The number of hydrogen-bond acceptors (Lipinski definition) is 3. The van der Waals surface area contributed by atoms with Gasteiger partial charge in [-0.05, 0) is 31.9 Å².